The number of rotatable bonds is 7. The summed E-state index contributed by atoms with van der Waals surface area (Å²) in [5.41, 5.74) is 0.0812. The van der Waals surface area contributed by atoms with E-state index in [4.69, 9.17) is 4.74 Å². The van der Waals surface area contributed by atoms with E-state index in [0.29, 0.717) is 12.5 Å². The van der Waals surface area contributed by atoms with Gasteiger partial charge in [-0.2, -0.15) is 0 Å². The smallest absolute Gasteiger partial charge is 0.194 e. The van der Waals surface area contributed by atoms with Crippen LogP contribution in [0.1, 0.15) is 12.8 Å². The third-order valence-electron chi connectivity index (χ3n) is 2.89. The van der Waals surface area contributed by atoms with E-state index < -0.39 is 23.6 Å². The van der Waals surface area contributed by atoms with Crippen molar-refractivity contribution < 1.29 is 23.0 Å². The molecule has 1 aliphatic rings. The zero-order chi connectivity index (χ0) is 13.8. The van der Waals surface area contributed by atoms with Crippen molar-refractivity contribution in [1.29, 1.82) is 0 Å². The molecule has 1 aromatic rings. The molecule has 6 heteroatoms. The van der Waals surface area contributed by atoms with Gasteiger partial charge in [0.05, 0.1) is 12.7 Å². The van der Waals surface area contributed by atoms with Gasteiger partial charge in [-0.05, 0) is 18.8 Å². The van der Waals surface area contributed by atoms with Gasteiger partial charge in [0.1, 0.15) is 0 Å². The highest BCUT2D eigenvalue weighted by molar-refractivity contribution is 5.44. The number of anilines is 1. The molecule has 1 atom stereocenters. The van der Waals surface area contributed by atoms with E-state index >= 15 is 0 Å². The Labute approximate surface area is 109 Å². The maximum atomic E-state index is 12.9. The molecule has 1 saturated carbocycles. The minimum Gasteiger partial charge on any atom is -0.389 e. The first-order valence-electron chi connectivity index (χ1n) is 6.20. The molecule has 3 nitrogen and oxygen atoms in total. The Kier molecular flexibility index (Phi) is 4.66. The van der Waals surface area contributed by atoms with Gasteiger partial charge in [-0.1, -0.05) is 0 Å². The molecule has 0 amide bonds. The molecule has 0 aliphatic heterocycles. The Hall–Kier alpha value is -1.27. The first-order chi connectivity index (χ1) is 9.06. The fraction of sp³-hybridized carbons (Fsp3) is 0.538. The van der Waals surface area contributed by atoms with Gasteiger partial charge in [-0.15, -0.1) is 0 Å². The first kappa shape index (κ1) is 14.1. The number of aliphatic hydroxyl groups excluding tert-OH is 1. The van der Waals surface area contributed by atoms with Gasteiger partial charge in [0.25, 0.3) is 0 Å². The summed E-state index contributed by atoms with van der Waals surface area (Å²) >= 11 is 0. The van der Waals surface area contributed by atoms with Crippen LogP contribution in [0, 0.1) is 23.4 Å². The van der Waals surface area contributed by atoms with Gasteiger partial charge in [0.15, 0.2) is 17.5 Å². The average molecular weight is 275 g/mol. The monoisotopic (exact) mass is 275 g/mol. The zero-order valence-electron chi connectivity index (χ0n) is 10.3. The molecule has 1 unspecified atom stereocenters. The van der Waals surface area contributed by atoms with Crippen LogP contribution in [0.2, 0.25) is 0 Å². The number of halogens is 3. The van der Waals surface area contributed by atoms with E-state index in [2.05, 4.69) is 5.32 Å². The lowest BCUT2D eigenvalue weighted by molar-refractivity contribution is 0.0386. The van der Waals surface area contributed by atoms with Crippen LogP contribution in [-0.2, 0) is 4.74 Å². The van der Waals surface area contributed by atoms with Crippen molar-refractivity contribution in [2.24, 2.45) is 5.92 Å². The van der Waals surface area contributed by atoms with E-state index in [1.54, 1.807) is 0 Å². The van der Waals surface area contributed by atoms with Gasteiger partial charge in [0.2, 0.25) is 0 Å². The lowest BCUT2D eigenvalue weighted by Crippen LogP contribution is -2.25. The van der Waals surface area contributed by atoms with E-state index in [0.717, 1.165) is 12.1 Å². The Morgan fingerprint density at radius 1 is 1.26 bits per heavy atom. The molecule has 0 radical (unpaired) electrons. The second-order valence-corrected chi connectivity index (χ2v) is 4.77. The highest BCUT2D eigenvalue weighted by Gasteiger charge is 2.21. The first-order valence-corrected chi connectivity index (χ1v) is 6.20. The normalized spacial score (nSPS) is 16.4. The van der Waals surface area contributed by atoms with Crippen molar-refractivity contribution in [2.45, 2.75) is 18.9 Å². The molecule has 0 heterocycles. The van der Waals surface area contributed by atoms with Gasteiger partial charge < -0.3 is 15.2 Å². The molecule has 19 heavy (non-hydrogen) atoms. The molecule has 2 rings (SSSR count). The summed E-state index contributed by atoms with van der Waals surface area (Å²) in [5.74, 6) is -3.41. The van der Waals surface area contributed by atoms with Crippen LogP contribution in [0.15, 0.2) is 12.1 Å². The summed E-state index contributed by atoms with van der Waals surface area (Å²) in [5, 5.41) is 12.2. The molecule has 2 N–H and O–H groups in total. The van der Waals surface area contributed by atoms with Gasteiger partial charge in [-0.25, -0.2) is 13.2 Å². The summed E-state index contributed by atoms with van der Waals surface area (Å²) in [6.07, 6.45) is 1.56. The fourth-order valence-corrected chi connectivity index (χ4v) is 1.61. The summed E-state index contributed by atoms with van der Waals surface area (Å²) < 4.78 is 43.8. The number of ether oxygens (including phenoxy) is 1. The molecule has 106 valence electrons. The number of aliphatic hydroxyl groups is 1. The summed E-state index contributed by atoms with van der Waals surface area (Å²) in [6.45, 7) is 0.877. The van der Waals surface area contributed by atoms with E-state index in [9.17, 15) is 18.3 Å². The Morgan fingerprint density at radius 3 is 2.47 bits per heavy atom. The minimum absolute atomic E-state index is 0.0786. The van der Waals surface area contributed by atoms with Gasteiger partial charge in [-0.3, -0.25) is 0 Å². The Bertz CT molecular complexity index is 415. The maximum absolute atomic E-state index is 12.9. The summed E-state index contributed by atoms with van der Waals surface area (Å²) in [7, 11) is 0. The molecular weight excluding hydrogens is 259 g/mol. The molecule has 0 bridgehead atoms. The second-order valence-electron chi connectivity index (χ2n) is 4.77. The molecule has 1 aromatic carbocycles. The van der Waals surface area contributed by atoms with E-state index in [-0.39, 0.29) is 18.8 Å². The van der Waals surface area contributed by atoms with Crippen molar-refractivity contribution in [2.75, 3.05) is 25.1 Å². The fourth-order valence-electron chi connectivity index (χ4n) is 1.61. The number of benzene rings is 1. The second kappa shape index (κ2) is 6.25. The van der Waals surface area contributed by atoms with Crippen molar-refractivity contribution in [3.05, 3.63) is 29.6 Å². The van der Waals surface area contributed by atoms with E-state index in [1.807, 2.05) is 0 Å². The van der Waals surface area contributed by atoms with Crippen LogP contribution in [0.3, 0.4) is 0 Å². The van der Waals surface area contributed by atoms with Gasteiger partial charge >= 0.3 is 0 Å². The molecule has 0 aromatic heterocycles. The van der Waals surface area contributed by atoms with Crippen molar-refractivity contribution in [1.82, 2.24) is 0 Å². The predicted molar refractivity (Wildman–Crippen MR) is 64.4 cm³/mol. The lowest BCUT2D eigenvalue weighted by Gasteiger charge is -2.13. The number of hydrogen-bond acceptors (Lipinski definition) is 3. The highest BCUT2D eigenvalue weighted by Crippen LogP contribution is 2.28. The SMILES string of the molecule is OC(CNc1cc(F)c(F)c(F)c1)COCC1CC1. The largest absolute Gasteiger partial charge is 0.389 e. The number of hydrogen-bond donors (Lipinski definition) is 2. The van der Waals surface area contributed by atoms with Crippen molar-refractivity contribution in [3.8, 4) is 0 Å². The standard InChI is InChI=1S/C13H16F3NO2/c14-11-3-9(4-12(15)13(11)16)17-5-10(18)7-19-6-8-1-2-8/h3-4,8,10,17-18H,1-2,5-7H2. The molecule has 0 saturated heterocycles. The number of nitrogens with one attached hydrogen (secondary N) is 1. The summed E-state index contributed by atoms with van der Waals surface area (Å²) in [6, 6.07) is 1.69. The van der Waals surface area contributed by atoms with E-state index in [1.165, 1.54) is 12.8 Å². The van der Waals surface area contributed by atoms with Crippen LogP contribution in [-0.4, -0.2) is 31.0 Å². The molecule has 0 spiro atoms. The Morgan fingerprint density at radius 2 is 1.89 bits per heavy atom. The predicted octanol–water partition coefficient (Wildman–Crippen LogP) is 2.30. The van der Waals surface area contributed by atoms with Crippen LogP contribution >= 0.6 is 0 Å². The topological polar surface area (TPSA) is 41.5 Å². The van der Waals surface area contributed by atoms with Crippen molar-refractivity contribution in [3.63, 3.8) is 0 Å². The van der Waals surface area contributed by atoms with Crippen LogP contribution in [0.25, 0.3) is 0 Å². The van der Waals surface area contributed by atoms with Gasteiger partial charge in [0, 0.05) is 31.0 Å². The minimum atomic E-state index is -1.50. The van der Waals surface area contributed by atoms with Crippen LogP contribution < -0.4 is 5.32 Å². The lowest BCUT2D eigenvalue weighted by atomic mass is 10.2. The van der Waals surface area contributed by atoms with Crippen LogP contribution in [0.4, 0.5) is 18.9 Å². The average Bonchev–Trinajstić information content (AvgIpc) is 3.17. The molecular formula is C13H16F3NO2. The zero-order valence-corrected chi connectivity index (χ0v) is 10.3. The summed E-state index contributed by atoms with van der Waals surface area (Å²) in [4.78, 5) is 0. The van der Waals surface area contributed by atoms with Crippen molar-refractivity contribution >= 4 is 5.69 Å². The highest BCUT2D eigenvalue weighted by atomic mass is 19.2. The third-order valence-corrected chi connectivity index (χ3v) is 2.89. The molecule has 1 aliphatic carbocycles. The quantitative estimate of drug-likeness (QED) is 0.750. The maximum Gasteiger partial charge on any atom is 0.194 e. The Balaban J connectivity index is 1.74. The third kappa shape index (κ3) is 4.40. The molecule has 1 fully saturated rings. The van der Waals surface area contributed by atoms with Crippen LogP contribution in [0.5, 0.6) is 0 Å².